The van der Waals surface area contributed by atoms with Gasteiger partial charge >= 0.3 is 0 Å². The van der Waals surface area contributed by atoms with Crippen molar-refractivity contribution in [1.29, 1.82) is 0 Å². The molecular formula is C20H22N2O. The summed E-state index contributed by atoms with van der Waals surface area (Å²) in [6, 6.07) is 8.15. The second-order valence-electron chi connectivity index (χ2n) is 6.03. The number of nitrogens with zero attached hydrogens (tertiary/aromatic N) is 2. The molecule has 118 valence electrons. The van der Waals surface area contributed by atoms with E-state index in [-0.39, 0.29) is 0 Å². The zero-order valence-corrected chi connectivity index (χ0v) is 13.4. The van der Waals surface area contributed by atoms with Crippen LogP contribution in [-0.2, 0) is 11.2 Å². The number of carbonyl (C=O) groups is 1. The molecule has 1 aromatic heterocycles. The molecule has 1 aliphatic rings. The number of aromatic nitrogens is 2. The minimum absolute atomic E-state index is 0.569. The predicted octanol–water partition coefficient (Wildman–Crippen LogP) is 4.62. The molecule has 0 saturated heterocycles. The Balaban J connectivity index is 1.73. The summed E-state index contributed by atoms with van der Waals surface area (Å²) in [5.74, 6) is 0.755. The highest BCUT2D eigenvalue weighted by Crippen LogP contribution is 2.26. The number of benzene rings is 1. The van der Waals surface area contributed by atoms with Crippen LogP contribution in [-0.4, -0.2) is 16.3 Å². The smallest absolute Gasteiger partial charge is 0.159 e. The van der Waals surface area contributed by atoms with Crippen LogP contribution in [0.2, 0.25) is 0 Å². The fraction of sp³-hybridized carbons (Fsp3) is 0.350. The van der Waals surface area contributed by atoms with E-state index in [0.717, 1.165) is 36.1 Å². The van der Waals surface area contributed by atoms with Gasteiger partial charge in [-0.15, -0.1) is 0 Å². The molecule has 0 atom stereocenters. The van der Waals surface area contributed by atoms with E-state index in [1.807, 2.05) is 36.7 Å². The fourth-order valence-electron chi connectivity index (χ4n) is 2.97. The van der Waals surface area contributed by atoms with Crippen molar-refractivity contribution < 1.29 is 4.79 Å². The summed E-state index contributed by atoms with van der Waals surface area (Å²) in [4.78, 5) is 19.5. The number of aldehydes is 1. The molecule has 0 aliphatic heterocycles. The Morgan fingerprint density at radius 1 is 0.957 bits per heavy atom. The summed E-state index contributed by atoms with van der Waals surface area (Å²) < 4.78 is 0. The molecule has 1 heterocycles. The first kappa shape index (κ1) is 15.6. The van der Waals surface area contributed by atoms with E-state index in [2.05, 4.69) is 16.0 Å². The van der Waals surface area contributed by atoms with Gasteiger partial charge in [0.15, 0.2) is 5.82 Å². The Hall–Kier alpha value is -2.29. The average molecular weight is 306 g/mol. The molecule has 23 heavy (non-hydrogen) atoms. The first-order valence-corrected chi connectivity index (χ1v) is 8.41. The van der Waals surface area contributed by atoms with E-state index in [4.69, 9.17) is 0 Å². The zero-order valence-electron chi connectivity index (χ0n) is 13.4. The van der Waals surface area contributed by atoms with Crippen LogP contribution in [0, 0.1) is 0 Å². The number of aryl methyl sites for hydroxylation is 1. The SMILES string of the molecule is O=CCCc1ccc(-c2ncc(C3=CCCCCC3)cn2)cc1. The molecule has 0 unspecified atom stereocenters. The maximum Gasteiger partial charge on any atom is 0.159 e. The highest BCUT2D eigenvalue weighted by Gasteiger charge is 2.07. The van der Waals surface area contributed by atoms with Gasteiger partial charge in [-0.3, -0.25) is 0 Å². The second kappa shape index (κ2) is 7.82. The van der Waals surface area contributed by atoms with Crippen molar-refractivity contribution in [2.45, 2.75) is 44.9 Å². The molecule has 1 aliphatic carbocycles. The van der Waals surface area contributed by atoms with E-state index < -0.39 is 0 Å². The Labute approximate surface area is 137 Å². The van der Waals surface area contributed by atoms with Gasteiger partial charge in [0, 0.05) is 29.9 Å². The highest BCUT2D eigenvalue weighted by molar-refractivity contribution is 5.65. The lowest BCUT2D eigenvalue weighted by atomic mass is 10.0. The Morgan fingerprint density at radius 3 is 2.48 bits per heavy atom. The molecule has 2 aromatic rings. The number of hydrogen-bond donors (Lipinski definition) is 0. The first-order valence-electron chi connectivity index (χ1n) is 8.41. The Morgan fingerprint density at radius 2 is 1.74 bits per heavy atom. The standard InChI is InChI=1S/C20H22N2O/c23-13-5-6-16-9-11-18(12-10-16)20-21-14-19(15-22-20)17-7-3-1-2-4-8-17/h7,9-15H,1-6,8H2. The van der Waals surface area contributed by atoms with Gasteiger partial charge in [0.25, 0.3) is 0 Å². The van der Waals surface area contributed by atoms with Gasteiger partial charge in [-0.05, 0) is 43.2 Å². The third-order valence-corrected chi connectivity index (χ3v) is 4.33. The molecule has 0 spiro atoms. The quantitative estimate of drug-likeness (QED) is 0.757. The molecule has 3 heteroatoms. The number of rotatable bonds is 5. The summed E-state index contributed by atoms with van der Waals surface area (Å²) in [7, 11) is 0. The van der Waals surface area contributed by atoms with Gasteiger partial charge in [-0.25, -0.2) is 9.97 Å². The van der Waals surface area contributed by atoms with Crippen molar-refractivity contribution in [1.82, 2.24) is 9.97 Å². The van der Waals surface area contributed by atoms with Crippen LogP contribution in [0.5, 0.6) is 0 Å². The van der Waals surface area contributed by atoms with E-state index in [9.17, 15) is 4.79 Å². The van der Waals surface area contributed by atoms with Crippen LogP contribution >= 0.6 is 0 Å². The van der Waals surface area contributed by atoms with Crippen molar-refractivity contribution in [3.63, 3.8) is 0 Å². The van der Waals surface area contributed by atoms with Crippen LogP contribution in [0.15, 0.2) is 42.7 Å². The minimum Gasteiger partial charge on any atom is -0.303 e. The van der Waals surface area contributed by atoms with Crippen molar-refractivity contribution in [2.75, 3.05) is 0 Å². The molecule has 0 amide bonds. The molecule has 1 aromatic carbocycles. The molecule has 0 saturated carbocycles. The average Bonchev–Trinajstić information content (AvgIpc) is 2.90. The maximum atomic E-state index is 10.4. The normalized spacial score (nSPS) is 14.9. The molecule has 0 fully saturated rings. The minimum atomic E-state index is 0.569. The van der Waals surface area contributed by atoms with Gasteiger partial charge in [0.05, 0.1) is 0 Å². The van der Waals surface area contributed by atoms with Gasteiger partial charge in [0.1, 0.15) is 6.29 Å². The zero-order chi connectivity index (χ0) is 15.9. The second-order valence-corrected chi connectivity index (χ2v) is 6.03. The molecule has 0 N–H and O–H groups in total. The third-order valence-electron chi connectivity index (χ3n) is 4.33. The van der Waals surface area contributed by atoms with E-state index in [1.54, 1.807) is 0 Å². The van der Waals surface area contributed by atoms with Crippen LogP contribution in [0.1, 0.15) is 49.7 Å². The van der Waals surface area contributed by atoms with Crippen LogP contribution in [0.3, 0.4) is 0 Å². The van der Waals surface area contributed by atoms with E-state index in [0.29, 0.717) is 6.42 Å². The third kappa shape index (κ3) is 4.13. The number of allylic oxidation sites excluding steroid dienone is 2. The van der Waals surface area contributed by atoms with Gasteiger partial charge in [0.2, 0.25) is 0 Å². The monoisotopic (exact) mass is 306 g/mol. The first-order chi connectivity index (χ1) is 11.4. The molecule has 3 rings (SSSR count). The van der Waals surface area contributed by atoms with Gasteiger partial charge in [-0.1, -0.05) is 36.8 Å². The maximum absolute atomic E-state index is 10.4. The molecule has 0 bridgehead atoms. The number of hydrogen-bond acceptors (Lipinski definition) is 3. The summed E-state index contributed by atoms with van der Waals surface area (Å²) >= 11 is 0. The lowest BCUT2D eigenvalue weighted by Gasteiger charge is -2.06. The molecule has 0 radical (unpaired) electrons. The van der Waals surface area contributed by atoms with E-state index in [1.165, 1.54) is 36.8 Å². The Kier molecular flexibility index (Phi) is 5.30. The lowest BCUT2D eigenvalue weighted by molar-refractivity contribution is -0.107. The van der Waals surface area contributed by atoms with Gasteiger partial charge < -0.3 is 4.79 Å². The highest BCUT2D eigenvalue weighted by atomic mass is 16.1. The van der Waals surface area contributed by atoms with Crippen LogP contribution in [0.4, 0.5) is 0 Å². The van der Waals surface area contributed by atoms with E-state index >= 15 is 0 Å². The fourth-order valence-corrected chi connectivity index (χ4v) is 2.97. The summed E-state index contributed by atoms with van der Waals surface area (Å²) in [5, 5.41) is 0. The van der Waals surface area contributed by atoms with Crippen molar-refractivity contribution in [2.24, 2.45) is 0 Å². The summed E-state index contributed by atoms with van der Waals surface area (Å²) in [6.45, 7) is 0. The topological polar surface area (TPSA) is 42.9 Å². The molecular weight excluding hydrogens is 284 g/mol. The van der Waals surface area contributed by atoms with Gasteiger partial charge in [-0.2, -0.15) is 0 Å². The molecule has 3 nitrogen and oxygen atoms in total. The largest absolute Gasteiger partial charge is 0.303 e. The van der Waals surface area contributed by atoms with Crippen LogP contribution in [0.25, 0.3) is 17.0 Å². The number of carbonyl (C=O) groups excluding carboxylic acids is 1. The van der Waals surface area contributed by atoms with Crippen molar-refractivity contribution >= 4 is 11.9 Å². The Bertz CT molecular complexity index is 672. The lowest BCUT2D eigenvalue weighted by Crippen LogP contribution is -1.93. The van der Waals surface area contributed by atoms with Crippen molar-refractivity contribution in [3.05, 3.63) is 53.9 Å². The van der Waals surface area contributed by atoms with Crippen LogP contribution < -0.4 is 0 Å². The summed E-state index contributed by atoms with van der Waals surface area (Å²) in [6.07, 6.45) is 14.7. The predicted molar refractivity (Wildman–Crippen MR) is 92.9 cm³/mol. The summed E-state index contributed by atoms with van der Waals surface area (Å²) in [5.41, 5.74) is 4.72. The van der Waals surface area contributed by atoms with Crippen molar-refractivity contribution in [3.8, 4) is 11.4 Å².